The maximum Gasteiger partial charge on any atom is 0.339 e. The Hall–Kier alpha value is -3.65. The Morgan fingerprint density at radius 3 is 2.63 bits per heavy atom. The smallest absolute Gasteiger partial charge is 0.339 e. The molecule has 2 N–H and O–H groups in total. The molecule has 3 aromatic rings. The van der Waals surface area contributed by atoms with Gasteiger partial charge in [0.15, 0.2) is 0 Å². The van der Waals surface area contributed by atoms with E-state index in [1.165, 1.54) is 42.6 Å². The molecule has 27 heavy (non-hydrogen) atoms. The van der Waals surface area contributed by atoms with Crippen molar-refractivity contribution in [3.05, 3.63) is 75.0 Å². The second kappa shape index (κ2) is 7.30. The molecule has 1 aromatic heterocycles. The third-order valence-electron chi connectivity index (χ3n) is 3.61. The molecule has 0 saturated carbocycles. The maximum atomic E-state index is 10.9. The Morgan fingerprint density at radius 2 is 1.96 bits per heavy atom. The molecule has 0 spiro atoms. The summed E-state index contributed by atoms with van der Waals surface area (Å²) < 4.78 is 5.59. The van der Waals surface area contributed by atoms with Gasteiger partial charge in [-0.1, -0.05) is 11.6 Å². The number of phenols is 1. The van der Waals surface area contributed by atoms with Crippen LogP contribution in [0.15, 0.2) is 57.9 Å². The Balaban J connectivity index is 1.86. The van der Waals surface area contributed by atoms with Crippen molar-refractivity contribution in [1.29, 1.82) is 0 Å². The lowest BCUT2D eigenvalue weighted by Gasteiger charge is -2.01. The number of hydrogen-bond acceptors (Lipinski definition) is 6. The van der Waals surface area contributed by atoms with Crippen molar-refractivity contribution in [3.63, 3.8) is 0 Å². The molecule has 136 valence electrons. The van der Waals surface area contributed by atoms with Crippen LogP contribution < -0.4 is 0 Å². The van der Waals surface area contributed by atoms with E-state index in [0.717, 1.165) is 0 Å². The second-order valence-electron chi connectivity index (χ2n) is 5.39. The molecule has 3 rings (SSSR count). The van der Waals surface area contributed by atoms with E-state index in [9.17, 15) is 20.0 Å². The van der Waals surface area contributed by atoms with Crippen molar-refractivity contribution in [2.45, 2.75) is 0 Å². The molecule has 1 heterocycles. The van der Waals surface area contributed by atoms with Crippen molar-refractivity contribution >= 4 is 35.2 Å². The SMILES string of the molecule is O=C(O)c1ccc(N=Cc2ccc(-c3cc([N+](=O)[O-])ccc3Cl)o2)cc1O. The number of furan rings is 1. The quantitative estimate of drug-likeness (QED) is 0.373. The van der Waals surface area contributed by atoms with Crippen LogP contribution in [0.1, 0.15) is 16.1 Å². The van der Waals surface area contributed by atoms with Gasteiger partial charge in [-0.2, -0.15) is 0 Å². The lowest BCUT2D eigenvalue weighted by atomic mass is 10.1. The number of benzene rings is 2. The number of nitro benzene ring substituents is 1. The molecule has 0 fully saturated rings. The highest BCUT2D eigenvalue weighted by molar-refractivity contribution is 6.33. The van der Waals surface area contributed by atoms with Gasteiger partial charge >= 0.3 is 5.97 Å². The highest BCUT2D eigenvalue weighted by Gasteiger charge is 2.14. The second-order valence-corrected chi connectivity index (χ2v) is 5.80. The summed E-state index contributed by atoms with van der Waals surface area (Å²) >= 11 is 6.08. The fraction of sp³-hybridized carbons (Fsp3) is 0. The van der Waals surface area contributed by atoms with E-state index in [2.05, 4.69) is 4.99 Å². The van der Waals surface area contributed by atoms with Crippen LogP contribution in [0.3, 0.4) is 0 Å². The van der Waals surface area contributed by atoms with Gasteiger partial charge in [0.05, 0.1) is 21.8 Å². The molecule has 9 heteroatoms. The first kappa shape index (κ1) is 18.2. The predicted molar refractivity (Wildman–Crippen MR) is 98.1 cm³/mol. The number of carboxylic acids is 1. The molecule has 0 atom stereocenters. The molecule has 0 radical (unpaired) electrons. The van der Waals surface area contributed by atoms with Crippen LogP contribution in [-0.2, 0) is 0 Å². The zero-order valence-corrected chi connectivity index (χ0v) is 14.3. The number of aromatic carboxylic acids is 1. The van der Waals surface area contributed by atoms with Gasteiger partial charge in [0, 0.05) is 23.8 Å². The van der Waals surface area contributed by atoms with Gasteiger partial charge in [-0.05, 0) is 30.3 Å². The zero-order valence-electron chi connectivity index (χ0n) is 13.5. The number of rotatable bonds is 5. The largest absolute Gasteiger partial charge is 0.507 e. The van der Waals surface area contributed by atoms with E-state index >= 15 is 0 Å². The highest BCUT2D eigenvalue weighted by atomic mass is 35.5. The fourth-order valence-electron chi connectivity index (χ4n) is 2.30. The van der Waals surface area contributed by atoms with Crippen LogP contribution in [0, 0.1) is 10.1 Å². The van der Waals surface area contributed by atoms with Crippen molar-refractivity contribution in [2.24, 2.45) is 4.99 Å². The molecular formula is C18H11ClN2O6. The Kier molecular flexibility index (Phi) is 4.91. The van der Waals surface area contributed by atoms with Crippen LogP contribution in [0.2, 0.25) is 5.02 Å². The average molecular weight is 387 g/mol. The number of halogens is 1. The summed E-state index contributed by atoms with van der Waals surface area (Å²) in [7, 11) is 0. The number of aliphatic imine (C=N–C) groups is 1. The van der Waals surface area contributed by atoms with Crippen molar-refractivity contribution in [2.75, 3.05) is 0 Å². The molecule has 2 aromatic carbocycles. The Bertz CT molecular complexity index is 1070. The minimum atomic E-state index is -1.24. The molecular weight excluding hydrogens is 376 g/mol. The van der Waals surface area contributed by atoms with Gasteiger partial charge in [0.1, 0.15) is 22.8 Å². The number of carboxylic acid groups (broad SMARTS) is 1. The lowest BCUT2D eigenvalue weighted by Crippen LogP contribution is -1.95. The monoisotopic (exact) mass is 386 g/mol. The van der Waals surface area contributed by atoms with Crippen molar-refractivity contribution < 1.29 is 24.3 Å². The van der Waals surface area contributed by atoms with Crippen LogP contribution in [0.4, 0.5) is 11.4 Å². The van der Waals surface area contributed by atoms with Gasteiger partial charge in [0.25, 0.3) is 5.69 Å². The summed E-state index contributed by atoms with van der Waals surface area (Å²) in [5, 5.41) is 29.8. The third kappa shape index (κ3) is 3.96. The summed E-state index contributed by atoms with van der Waals surface area (Å²) in [4.78, 5) is 25.4. The number of hydrogen-bond donors (Lipinski definition) is 2. The first-order chi connectivity index (χ1) is 12.8. The Morgan fingerprint density at radius 1 is 1.19 bits per heavy atom. The number of carbonyl (C=O) groups is 1. The maximum absolute atomic E-state index is 10.9. The number of nitro groups is 1. The first-order valence-corrected chi connectivity index (χ1v) is 7.87. The normalized spacial score (nSPS) is 11.0. The number of aromatic hydroxyl groups is 1. The van der Waals surface area contributed by atoms with Gasteiger partial charge < -0.3 is 14.6 Å². The first-order valence-electron chi connectivity index (χ1n) is 7.49. The van der Waals surface area contributed by atoms with E-state index in [-0.39, 0.29) is 11.3 Å². The van der Waals surface area contributed by atoms with E-state index in [0.29, 0.717) is 27.8 Å². The number of nitrogens with zero attached hydrogens (tertiary/aromatic N) is 2. The van der Waals surface area contributed by atoms with Crippen LogP contribution in [0.5, 0.6) is 5.75 Å². The average Bonchev–Trinajstić information content (AvgIpc) is 3.08. The van der Waals surface area contributed by atoms with E-state index in [1.807, 2.05) is 0 Å². The summed E-state index contributed by atoms with van der Waals surface area (Å²) in [5.74, 6) is -0.975. The molecule has 0 aliphatic carbocycles. The van der Waals surface area contributed by atoms with E-state index < -0.39 is 16.6 Å². The van der Waals surface area contributed by atoms with E-state index in [4.69, 9.17) is 21.1 Å². The standard InChI is InChI=1S/C18H11ClN2O6/c19-15-5-2-11(21(25)26)8-14(15)17-6-3-12(27-17)9-20-10-1-4-13(18(23)24)16(22)7-10/h1-9,22H,(H,23,24). The molecule has 0 aliphatic rings. The van der Waals surface area contributed by atoms with Gasteiger partial charge in [-0.3, -0.25) is 15.1 Å². The van der Waals surface area contributed by atoms with Crippen LogP contribution in [-0.4, -0.2) is 27.3 Å². The summed E-state index contributed by atoms with van der Waals surface area (Å²) in [5.41, 5.74) is 0.349. The Labute approximate surface area is 157 Å². The lowest BCUT2D eigenvalue weighted by molar-refractivity contribution is -0.384. The minimum Gasteiger partial charge on any atom is -0.507 e. The highest BCUT2D eigenvalue weighted by Crippen LogP contribution is 2.32. The van der Waals surface area contributed by atoms with Crippen molar-refractivity contribution in [1.82, 2.24) is 0 Å². The van der Waals surface area contributed by atoms with Crippen LogP contribution in [0.25, 0.3) is 11.3 Å². The van der Waals surface area contributed by atoms with E-state index in [1.54, 1.807) is 12.1 Å². The van der Waals surface area contributed by atoms with Gasteiger partial charge in [-0.25, -0.2) is 4.79 Å². The summed E-state index contributed by atoms with van der Waals surface area (Å²) in [6, 6.07) is 11.1. The van der Waals surface area contributed by atoms with Gasteiger partial charge in [-0.15, -0.1) is 0 Å². The zero-order chi connectivity index (χ0) is 19.6. The molecule has 0 aliphatic heterocycles. The molecule has 0 bridgehead atoms. The summed E-state index contributed by atoms with van der Waals surface area (Å²) in [6.07, 6.45) is 1.37. The fourth-order valence-corrected chi connectivity index (χ4v) is 2.51. The minimum absolute atomic E-state index is 0.116. The topological polar surface area (TPSA) is 126 Å². The van der Waals surface area contributed by atoms with Crippen LogP contribution >= 0.6 is 11.6 Å². The third-order valence-corrected chi connectivity index (χ3v) is 3.94. The molecule has 0 unspecified atom stereocenters. The number of non-ortho nitro benzene ring substituents is 1. The molecule has 0 saturated heterocycles. The molecule has 0 amide bonds. The molecule has 8 nitrogen and oxygen atoms in total. The van der Waals surface area contributed by atoms with Gasteiger partial charge in [0.2, 0.25) is 0 Å². The summed E-state index contributed by atoms with van der Waals surface area (Å²) in [6.45, 7) is 0. The van der Waals surface area contributed by atoms with Crippen molar-refractivity contribution in [3.8, 4) is 17.1 Å². The predicted octanol–water partition coefficient (Wildman–Crippen LogP) is 4.66.